The van der Waals surface area contributed by atoms with Gasteiger partial charge in [-0.05, 0) is 57.5 Å². The molecule has 138 valence electrons. The van der Waals surface area contributed by atoms with Crippen LogP contribution in [0.4, 0.5) is 0 Å². The van der Waals surface area contributed by atoms with Crippen molar-refractivity contribution in [1.29, 1.82) is 0 Å². The van der Waals surface area contributed by atoms with Crippen LogP contribution in [0.2, 0.25) is 0 Å². The van der Waals surface area contributed by atoms with E-state index < -0.39 is 5.92 Å². The normalized spacial score (nSPS) is 19.5. The van der Waals surface area contributed by atoms with Gasteiger partial charge in [0.05, 0.1) is 5.92 Å². The van der Waals surface area contributed by atoms with Gasteiger partial charge in [-0.2, -0.15) is 0 Å². The molecule has 0 bridgehead atoms. The van der Waals surface area contributed by atoms with Gasteiger partial charge in [-0.1, -0.05) is 30.3 Å². The molecule has 4 heteroatoms. The van der Waals surface area contributed by atoms with E-state index in [2.05, 4.69) is 4.99 Å². The maximum absolute atomic E-state index is 12.4. The highest BCUT2D eigenvalue weighted by Gasteiger charge is 2.38. The van der Waals surface area contributed by atoms with Gasteiger partial charge in [0.1, 0.15) is 17.3 Å². The maximum atomic E-state index is 12.4. The molecular formula is C23H23NO3. The summed E-state index contributed by atoms with van der Waals surface area (Å²) in [5, 5.41) is 0. The quantitative estimate of drug-likeness (QED) is 0.744. The Hall–Kier alpha value is -3.01. The molecule has 0 spiro atoms. The van der Waals surface area contributed by atoms with Gasteiger partial charge in [-0.25, -0.2) is 0 Å². The Morgan fingerprint density at radius 2 is 1.59 bits per heavy atom. The number of carbonyl (C=O) groups excluding carboxylic acids is 2. The first-order valence-electron chi connectivity index (χ1n) is 8.98. The second-order valence-electron chi connectivity index (χ2n) is 6.86. The molecule has 0 fully saturated rings. The van der Waals surface area contributed by atoms with Crippen molar-refractivity contribution in [3.8, 4) is 11.5 Å². The lowest BCUT2D eigenvalue weighted by atomic mass is 9.73. The molecular weight excluding hydrogens is 338 g/mol. The summed E-state index contributed by atoms with van der Waals surface area (Å²) in [6.45, 7) is 6.76. The Kier molecular flexibility index (Phi) is 5.36. The average Bonchev–Trinajstić information content (AvgIpc) is 2.61. The summed E-state index contributed by atoms with van der Waals surface area (Å²) in [4.78, 5) is 29.2. The minimum absolute atomic E-state index is 0.00174. The van der Waals surface area contributed by atoms with E-state index in [4.69, 9.17) is 4.74 Å². The largest absolute Gasteiger partial charge is 0.457 e. The molecule has 3 rings (SSSR count). The van der Waals surface area contributed by atoms with Gasteiger partial charge in [-0.3, -0.25) is 14.6 Å². The number of hydrogen-bond donors (Lipinski definition) is 0. The molecule has 0 aliphatic carbocycles. The molecule has 2 aromatic carbocycles. The first-order valence-corrected chi connectivity index (χ1v) is 8.98. The van der Waals surface area contributed by atoms with Gasteiger partial charge in [-0.15, -0.1) is 0 Å². The number of aliphatic imine (C=N–C) groups is 1. The van der Waals surface area contributed by atoms with Crippen molar-refractivity contribution in [1.82, 2.24) is 0 Å². The number of allylic oxidation sites excluding steroid dienone is 2. The van der Waals surface area contributed by atoms with Crippen LogP contribution in [0.5, 0.6) is 11.5 Å². The second-order valence-corrected chi connectivity index (χ2v) is 6.86. The first-order chi connectivity index (χ1) is 12.9. The summed E-state index contributed by atoms with van der Waals surface area (Å²) in [6, 6.07) is 17.1. The van der Waals surface area contributed by atoms with Crippen LogP contribution in [0.3, 0.4) is 0 Å². The number of rotatable bonds is 5. The van der Waals surface area contributed by atoms with Gasteiger partial charge in [0.2, 0.25) is 0 Å². The highest BCUT2D eigenvalue weighted by atomic mass is 16.5. The van der Waals surface area contributed by atoms with Crippen LogP contribution < -0.4 is 4.74 Å². The van der Waals surface area contributed by atoms with Gasteiger partial charge >= 0.3 is 0 Å². The zero-order valence-electron chi connectivity index (χ0n) is 16.0. The fourth-order valence-electron chi connectivity index (χ4n) is 3.79. The molecule has 4 nitrogen and oxygen atoms in total. The highest BCUT2D eigenvalue weighted by Crippen LogP contribution is 2.40. The number of ketones is 2. The molecule has 0 amide bonds. The molecule has 2 unspecified atom stereocenters. The average molecular weight is 361 g/mol. The van der Waals surface area contributed by atoms with Crippen LogP contribution in [0.15, 0.2) is 70.9 Å². The van der Waals surface area contributed by atoms with Crippen molar-refractivity contribution in [3.63, 3.8) is 0 Å². The number of benzene rings is 2. The van der Waals surface area contributed by atoms with Crippen molar-refractivity contribution < 1.29 is 14.3 Å². The maximum Gasteiger partial charge on any atom is 0.158 e. The van der Waals surface area contributed by atoms with E-state index in [-0.39, 0.29) is 17.5 Å². The van der Waals surface area contributed by atoms with Crippen LogP contribution in [0.25, 0.3) is 0 Å². The van der Waals surface area contributed by atoms with E-state index in [0.717, 1.165) is 17.0 Å². The molecule has 27 heavy (non-hydrogen) atoms. The van der Waals surface area contributed by atoms with Crippen molar-refractivity contribution in [2.24, 2.45) is 10.9 Å². The van der Waals surface area contributed by atoms with Crippen molar-refractivity contribution in [2.75, 3.05) is 0 Å². The Balaban J connectivity index is 2.06. The molecule has 2 aromatic rings. The predicted octanol–water partition coefficient (Wildman–Crippen LogP) is 5.11. The first kappa shape index (κ1) is 18.8. The molecule has 1 heterocycles. The summed E-state index contributed by atoms with van der Waals surface area (Å²) < 4.78 is 5.94. The van der Waals surface area contributed by atoms with E-state index in [1.54, 1.807) is 6.92 Å². The minimum Gasteiger partial charge on any atom is -0.457 e. The van der Waals surface area contributed by atoms with Gasteiger partial charge in [0, 0.05) is 22.9 Å². The molecule has 1 aliphatic rings. The third kappa shape index (κ3) is 3.90. The lowest BCUT2D eigenvalue weighted by molar-refractivity contribution is -0.119. The Labute approximate surface area is 159 Å². The molecule has 0 saturated carbocycles. The minimum atomic E-state index is -0.445. The number of para-hydroxylation sites is 1. The Morgan fingerprint density at radius 3 is 2.22 bits per heavy atom. The number of carbonyl (C=O) groups is 2. The highest BCUT2D eigenvalue weighted by molar-refractivity contribution is 6.09. The van der Waals surface area contributed by atoms with Crippen LogP contribution >= 0.6 is 0 Å². The van der Waals surface area contributed by atoms with E-state index >= 15 is 0 Å². The van der Waals surface area contributed by atoms with Crippen LogP contribution in [-0.2, 0) is 9.59 Å². The van der Waals surface area contributed by atoms with E-state index in [1.165, 1.54) is 6.92 Å². The zero-order chi connectivity index (χ0) is 19.6. The Bertz CT molecular complexity index is 941. The monoisotopic (exact) mass is 361 g/mol. The van der Waals surface area contributed by atoms with Gasteiger partial charge < -0.3 is 4.74 Å². The summed E-state index contributed by atoms with van der Waals surface area (Å²) in [5.74, 6) is 0.548. The summed E-state index contributed by atoms with van der Waals surface area (Å²) in [6.07, 6.45) is 0. The second kappa shape index (κ2) is 7.70. The molecule has 0 radical (unpaired) electrons. The lowest BCUT2D eigenvalue weighted by Gasteiger charge is -2.31. The SMILES string of the molecule is CC(=O)C1=C(C)N=C(C)C(C(C)=O)C1c1cccc(Oc2ccccc2)c1. The van der Waals surface area contributed by atoms with E-state index in [0.29, 0.717) is 17.0 Å². The number of hydrogen-bond acceptors (Lipinski definition) is 4. The number of ether oxygens (including phenoxy) is 1. The van der Waals surface area contributed by atoms with Crippen molar-refractivity contribution >= 4 is 17.3 Å². The molecule has 0 N–H and O–H groups in total. The summed E-state index contributed by atoms with van der Waals surface area (Å²) in [5.41, 5.74) is 2.89. The van der Waals surface area contributed by atoms with Crippen molar-refractivity contribution in [3.05, 3.63) is 71.4 Å². The topological polar surface area (TPSA) is 55.7 Å². The predicted molar refractivity (Wildman–Crippen MR) is 106 cm³/mol. The fraction of sp³-hybridized carbons (Fsp3) is 0.261. The Morgan fingerprint density at radius 1 is 0.926 bits per heavy atom. The standard InChI is InChI=1S/C23H23NO3/c1-14-21(16(3)25)23(22(17(4)26)15(2)24-14)18-9-8-12-20(13-18)27-19-10-6-5-7-11-19/h5-13,21,23H,1-4H3. The zero-order valence-corrected chi connectivity index (χ0v) is 16.0. The van der Waals surface area contributed by atoms with Crippen LogP contribution in [0.1, 0.15) is 39.2 Å². The molecule has 1 aliphatic heterocycles. The summed E-state index contributed by atoms with van der Waals surface area (Å²) >= 11 is 0. The van der Waals surface area contributed by atoms with Crippen LogP contribution in [-0.4, -0.2) is 17.3 Å². The lowest BCUT2D eigenvalue weighted by Crippen LogP contribution is -2.33. The third-order valence-electron chi connectivity index (χ3n) is 4.84. The van der Waals surface area contributed by atoms with Crippen molar-refractivity contribution in [2.45, 2.75) is 33.6 Å². The number of nitrogens with zero attached hydrogens (tertiary/aromatic N) is 1. The molecule has 2 atom stereocenters. The van der Waals surface area contributed by atoms with Gasteiger partial charge in [0.15, 0.2) is 5.78 Å². The van der Waals surface area contributed by atoms with Gasteiger partial charge in [0.25, 0.3) is 0 Å². The molecule has 0 aromatic heterocycles. The van der Waals surface area contributed by atoms with E-state index in [1.807, 2.05) is 68.4 Å². The smallest absolute Gasteiger partial charge is 0.158 e. The van der Waals surface area contributed by atoms with Crippen LogP contribution in [0, 0.1) is 5.92 Å². The van der Waals surface area contributed by atoms with E-state index in [9.17, 15) is 9.59 Å². The third-order valence-corrected chi connectivity index (χ3v) is 4.84. The number of Topliss-reactive ketones (excluding diaryl/α,β-unsaturated/α-hetero) is 2. The fourth-order valence-corrected chi connectivity index (χ4v) is 3.79. The molecule has 0 saturated heterocycles. The summed E-state index contributed by atoms with van der Waals surface area (Å²) in [7, 11) is 0.